The van der Waals surface area contributed by atoms with Crippen molar-refractivity contribution >= 4 is 16.7 Å². The van der Waals surface area contributed by atoms with Gasteiger partial charge in [0.1, 0.15) is 0 Å². The van der Waals surface area contributed by atoms with Gasteiger partial charge in [0.2, 0.25) is 5.91 Å². The quantitative estimate of drug-likeness (QED) is 0.768. The molecule has 1 amide bonds. The van der Waals surface area contributed by atoms with Crippen molar-refractivity contribution in [3.8, 4) is 0 Å². The Hall–Kier alpha value is -1.91. The van der Waals surface area contributed by atoms with Crippen LogP contribution >= 0.6 is 0 Å². The lowest BCUT2D eigenvalue weighted by Gasteiger charge is -2.15. The summed E-state index contributed by atoms with van der Waals surface area (Å²) in [6.45, 7) is 3.58. The Balaban J connectivity index is 1.92. The summed E-state index contributed by atoms with van der Waals surface area (Å²) in [5.41, 5.74) is 1.11. The monoisotopic (exact) mass is 286 g/mol. The van der Waals surface area contributed by atoms with E-state index in [1.807, 2.05) is 19.1 Å². The van der Waals surface area contributed by atoms with Gasteiger partial charge in [-0.2, -0.15) is 0 Å². The number of hydrogen-bond donors (Lipinski definition) is 2. The zero-order valence-electron chi connectivity index (χ0n) is 12.6. The van der Waals surface area contributed by atoms with Crippen molar-refractivity contribution in [3.05, 3.63) is 48.0 Å². The van der Waals surface area contributed by atoms with Crippen LogP contribution in [-0.4, -0.2) is 32.7 Å². The molecule has 1 unspecified atom stereocenters. The summed E-state index contributed by atoms with van der Waals surface area (Å²) < 4.78 is 4.92. The molecule has 2 rings (SSSR count). The van der Waals surface area contributed by atoms with Gasteiger partial charge < -0.3 is 15.4 Å². The highest BCUT2D eigenvalue weighted by molar-refractivity contribution is 5.83. The molecule has 4 heteroatoms. The third-order valence-corrected chi connectivity index (χ3v) is 3.42. The molecule has 0 aromatic heterocycles. The number of ether oxygens (including phenoxy) is 1. The Bertz CT molecular complexity index is 598. The van der Waals surface area contributed by atoms with Crippen LogP contribution in [0.15, 0.2) is 42.5 Å². The average Bonchev–Trinajstić information content (AvgIpc) is 2.51. The molecule has 0 aliphatic heterocycles. The van der Waals surface area contributed by atoms with Crippen molar-refractivity contribution < 1.29 is 9.53 Å². The molecule has 4 nitrogen and oxygen atoms in total. The fourth-order valence-corrected chi connectivity index (χ4v) is 2.23. The fourth-order valence-electron chi connectivity index (χ4n) is 2.23. The van der Waals surface area contributed by atoms with Crippen LogP contribution in [0.1, 0.15) is 18.5 Å². The third kappa shape index (κ3) is 4.55. The molecular weight excluding hydrogens is 264 g/mol. The molecule has 112 valence electrons. The maximum atomic E-state index is 11.8. The summed E-state index contributed by atoms with van der Waals surface area (Å²) in [6, 6.07) is 14.5. The van der Waals surface area contributed by atoms with Crippen LogP contribution in [-0.2, 0) is 9.53 Å². The first-order valence-electron chi connectivity index (χ1n) is 7.18. The molecule has 21 heavy (non-hydrogen) atoms. The normalized spacial score (nSPS) is 12.3. The molecule has 2 aromatic rings. The van der Waals surface area contributed by atoms with Crippen LogP contribution < -0.4 is 10.6 Å². The summed E-state index contributed by atoms with van der Waals surface area (Å²) in [6.07, 6.45) is 0. The van der Waals surface area contributed by atoms with Crippen LogP contribution in [0.2, 0.25) is 0 Å². The maximum Gasteiger partial charge on any atom is 0.234 e. The van der Waals surface area contributed by atoms with Crippen LogP contribution in [0.3, 0.4) is 0 Å². The van der Waals surface area contributed by atoms with E-state index in [0.29, 0.717) is 19.7 Å². The Morgan fingerprint density at radius 1 is 1.19 bits per heavy atom. The lowest BCUT2D eigenvalue weighted by Crippen LogP contribution is -2.36. The third-order valence-electron chi connectivity index (χ3n) is 3.42. The minimum absolute atomic E-state index is 0.00763. The van der Waals surface area contributed by atoms with Gasteiger partial charge in [-0.05, 0) is 29.3 Å². The summed E-state index contributed by atoms with van der Waals surface area (Å²) in [5, 5.41) is 8.43. The topological polar surface area (TPSA) is 50.4 Å². The van der Waals surface area contributed by atoms with Crippen molar-refractivity contribution in [1.82, 2.24) is 10.6 Å². The van der Waals surface area contributed by atoms with Gasteiger partial charge in [0, 0.05) is 13.7 Å². The van der Waals surface area contributed by atoms with E-state index in [0.717, 1.165) is 5.56 Å². The first kappa shape index (κ1) is 15.5. The largest absolute Gasteiger partial charge is 0.383 e. The van der Waals surface area contributed by atoms with Crippen molar-refractivity contribution in [2.24, 2.45) is 0 Å². The van der Waals surface area contributed by atoms with E-state index in [9.17, 15) is 4.79 Å². The minimum atomic E-state index is -0.00803. The van der Waals surface area contributed by atoms with E-state index < -0.39 is 0 Å². The highest BCUT2D eigenvalue weighted by Crippen LogP contribution is 2.20. The molecule has 0 bridgehead atoms. The van der Waals surface area contributed by atoms with E-state index in [1.54, 1.807) is 7.11 Å². The molecule has 0 saturated heterocycles. The number of rotatable bonds is 7. The molecule has 0 saturated carbocycles. The molecule has 0 radical (unpaired) electrons. The van der Waals surface area contributed by atoms with Crippen molar-refractivity contribution in [1.29, 1.82) is 0 Å². The van der Waals surface area contributed by atoms with Crippen LogP contribution in [0, 0.1) is 0 Å². The Morgan fingerprint density at radius 3 is 2.71 bits per heavy atom. The minimum Gasteiger partial charge on any atom is -0.383 e. The number of nitrogens with one attached hydrogen (secondary N) is 2. The second kappa shape index (κ2) is 7.76. The standard InChI is InChI=1S/C17H22N2O2/c1-13(19-17(20)12-18-9-10-21-2)15-8-7-14-5-3-4-6-16(14)11-15/h3-8,11,13,18H,9-10,12H2,1-2H3,(H,19,20). The highest BCUT2D eigenvalue weighted by Gasteiger charge is 2.09. The van der Waals surface area contributed by atoms with Gasteiger partial charge in [-0.3, -0.25) is 4.79 Å². The number of carbonyl (C=O) groups excluding carboxylic acids is 1. The lowest BCUT2D eigenvalue weighted by molar-refractivity contribution is -0.120. The van der Waals surface area contributed by atoms with Crippen LogP contribution in [0.5, 0.6) is 0 Å². The predicted octanol–water partition coefficient (Wildman–Crippen LogP) is 2.25. The first-order chi connectivity index (χ1) is 10.2. The van der Waals surface area contributed by atoms with Gasteiger partial charge in [-0.1, -0.05) is 36.4 Å². The number of amides is 1. The molecule has 2 N–H and O–H groups in total. The molecule has 0 spiro atoms. The van der Waals surface area contributed by atoms with Crippen molar-refractivity contribution in [2.45, 2.75) is 13.0 Å². The Kier molecular flexibility index (Phi) is 5.72. The van der Waals surface area contributed by atoms with Crippen LogP contribution in [0.25, 0.3) is 10.8 Å². The smallest absolute Gasteiger partial charge is 0.234 e. The summed E-state index contributed by atoms with van der Waals surface area (Å²) >= 11 is 0. The van der Waals surface area contributed by atoms with E-state index in [-0.39, 0.29) is 11.9 Å². The van der Waals surface area contributed by atoms with Crippen molar-refractivity contribution in [3.63, 3.8) is 0 Å². The fraction of sp³-hybridized carbons (Fsp3) is 0.353. The molecule has 1 atom stereocenters. The number of fused-ring (bicyclic) bond motifs is 1. The zero-order valence-corrected chi connectivity index (χ0v) is 12.6. The maximum absolute atomic E-state index is 11.8. The Labute approximate surface area is 125 Å². The van der Waals surface area contributed by atoms with Gasteiger partial charge in [-0.25, -0.2) is 0 Å². The van der Waals surface area contributed by atoms with E-state index >= 15 is 0 Å². The number of hydrogen-bond acceptors (Lipinski definition) is 3. The highest BCUT2D eigenvalue weighted by atomic mass is 16.5. The second-order valence-electron chi connectivity index (χ2n) is 5.07. The Morgan fingerprint density at radius 2 is 1.95 bits per heavy atom. The average molecular weight is 286 g/mol. The number of carbonyl (C=O) groups is 1. The SMILES string of the molecule is COCCNCC(=O)NC(C)c1ccc2ccccc2c1. The molecule has 0 heterocycles. The van der Waals surface area contributed by atoms with Gasteiger partial charge in [0.05, 0.1) is 19.2 Å². The van der Waals surface area contributed by atoms with Gasteiger partial charge in [0.25, 0.3) is 0 Å². The summed E-state index contributed by atoms with van der Waals surface area (Å²) in [4.78, 5) is 11.8. The predicted molar refractivity (Wildman–Crippen MR) is 85.3 cm³/mol. The van der Waals surface area contributed by atoms with Crippen molar-refractivity contribution in [2.75, 3.05) is 26.8 Å². The molecule has 0 aliphatic carbocycles. The molecule has 0 aliphatic rings. The van der Waals surface area contributed by atoms with E-state index in [2.05, 4.69) is 41.0 Å². The van der Waals surface area contributed by atoms with E-state index in [4.69, 9.17) is 4.74 Å². The van der Waals surface area contributed by atoms with Gasteiger partial charge in [0.15, 0.2) is 0 Å². The molecule has 0 fully saturated rings. The number of methoxy groups -OCH3 is 1. The van der Waals surface area contributed by atoms with Gasteiger partial charge >= 0.3 is 0 Å². The first-order valence-corrected chi connectivity index (χ1v) is 7.18. The van der Waals surface area contributed by atoms with E-state index in [1.165, 1.54) is 10.8 Å². The second-order valence-corrected chi connectivity index (χ2v) is 5.07. The van der Waals surface area contributed by atoms with Gasteiger partial charge in [-0.15, -0.1) is 0 Å². The summed E-state index contributed by atoms with van der Waals surface area (Å²) in [7, 11) is 1.64. The zero-order chi connectivity index (χ0) is 15.1. The lowest BCUT2D eigenvalue weighted by atomic mass is 10.0. The molecule has 2 aromatic carbocycles. The van der Waals surface area contributed by atoms with Crippen LogP contribution in [0.4, 0.5) is 0 Å². The molecular formula is C17H22N2O2. The summed E-state index contributed by atoms with van der Waals surface area (Å²) in [5.74, 6) is -0.00763. The number of benzene rings is 2.